The van der Waals surface area contributed by atoms with Crippen molar-refractivity contribution >= 4 is 0 Å². The Morgan fingerprint density at radius 3 is 2.17 bits per heavy atom. The summed E-state index contributed by atoms with van der Waals surface area (Å²) in [5.41, 5.74) is 6.64. The van der Waals surface area contributed by atoms with Gasteiger partial charge in [0.1, 0.15) is 0 Å². The predicted octanol–water partition coefficient (Wildman–Crippen LogP) is 7.53. The van der Waals surface area contributed by atoms with Crippen molar-refractivity contribution in [1.29, 1.82) is 0 Å². The Morgan fingerprint density at radius 2 is 1.53 bits per heavy atom. The van der Waals surface area contributed by atoms with E-state index >= 15 is 0 Å². The zero-order chi connectivity index (χ0) is 21.3. The molecule has 2 heterocycles. The number of nitrogens with zero attached hydrogens (tertiary/aromatic N) is 3. The minimum absolute atomic E-state index is 0.421. The maximum absolute atomic E-state index is 4.68. The van der Waals surface area contributed by atoms with Crippen LogP contribution in [-0.2, 0) is 0 Å². The summed E-state index contributed by atoms with van der Waals surface area (Å²) in [5.74, 6) is 0.421. The van der Waals surface area contributed by atoms with Crippen LogP contribution in [0.15, 0.2) is 85.5 Å². The molecular formula is C27H31N3. The van der Waals surface area contributed by atoms with Crippen LogP contribution in [0.2, 0.25) is 0 Å². The van der Waals surface area contributed by atoms with E-state index in [1.807, 2.05) is 48.9 Å². The highest BCUT2D eigenvalue weighted by Gasteiger charge is 2.13. The standard InChI is InChI=1S/C23H21N3.C4H10/c1-17(2)20-12-11-18(22-10-6-7-13-24-22)14-21(20)23-15-26(16-25-23)19-8-4-3-5-9-19;1-3-4-2/h3-17H,1-2H3;3-4H2,1-2H3. The number of rotatable bonds is 5. The molecule has 0 radical (unpaired) electrons. The maximum Gasteiger partial charge on any atom is 0.0999 e. The zero-order valence-corrected chi connectivity index (χ0v) is 18.4. The summed E-state index contributed by atoms with van der Waals surface area (Å²) in [4.78, 5) is 9.17. The van der Waals surface area contributed by atoms with Crippen molar-refractivity contribution in [3.63, 3.8) is 0 Å². The van der Waals surface area contributed by atoms with Crippen molar-refractivity contribution in [1.82, 2.24) is 14.5 Å². The summed E-state index contributed by atoms with van der Waals surface area (Å²) < 4.78 is 2.06. The number of imidazole rings is 1. The Bertz CT molecular complexity index is 1030. The van der Waals surface area contributed by atoms with Gasteiger partial charge in [0.05, 0.1) is 17.7 Å². The van der Waals surface area contributed by atoms with Gasteiger partial charge < -0.3 is 4.57 Å². The van der Waals surface area contributed by atoms with Crippen molar-refractivity contribution in [3.8, 4) is 28.2 Å². The molecule has 0 unspecified atom stereocenters. The Morgan fingerprint density at radius 1 is 0.800 bits per heavy atom. The van der Waals surface area contributed by atoms with Crippen LogP contribution in [0.5, 0.6) is 0 Å². The fourth-order valence-corrected chi connectivity index (χ4v) is 3.18. The second-order valence-corrected chi connectivity index (χ2v) is 7.67. The van der Waals surface area contributed by atoms with E-state index in [2.05, 4.69) is 78.8 Å². The van der Waals surface area contributed by atoms with Crippen molar-refractivity contribution in [3.05, 3.63) is 91.0 Å². The van der Waals surface area contributed by atoms with Crippen LogP contribution >= 0.6 is 0 Å². The highest BCUT2D eigenvalue weighted by atomic mass is 15.0. The fraction of sp³-hybridized carbons (Fsp3) is 0.259. The Labute approximate surface area is 180 Å². The number of aromatic nitrogens is 3. The molecule has 3 heteroatoms. The van der Waals surface area contributed by atoms with E-state index in [1.165, 1.54) is 18.4 Å². The van der Waals surface area contributed by atoms with Crippen LogP contribution in [0.4, 0.5) is 0 Å². The quantitative estimate of drug-likeness (QED) is 0.348. The summed E-state index contributed by atoms with van der Waals surface area (Å²) in [6, 6.07) is 22.8. The van der Waals surface area contributed by atoms with Gasteiger partial charge in [-0.05, 0) is 41.8 Å². The van der Waals surface area contributed by atoms with Crippen LogP contribution < -0.4 is 0 Å². The van der Waals surface area contributed by atoms with E-state index in [0.29, 0.717) is 5.92 Å². The number of benzene rings is 2. The van der Waals surface area contributed by atoms with Gasteiger partial charge in [0, 0.05) is 29.2 Å². The van der Waals surface area contributed by atoms with E-state index in [4.69, 9.17) is 0 Å². The third-order valence-electron chi connectivity index (χ3n) is 5.05. The molecule has 2 aromatic carbocycles. The summed E-state index contributed by atoms with van der Waals surface area (Å²) in [7, 11) is 0. The SMILES string of the molecule is CC(C)c1ccc(-c2ccccn2)cc1-c1cn(-c2ccccc2)cn1.CCCC. The number of hydrogen-bond donors (Lipinski definition) is 0. The molecule has 4 rings (SSSR count). The highest BCUT2D eigenvalue weighted by molar-refractivity contribution is 5.72. The van der Waals surface area contributed by atoms with Crippen molar-refractivity contribution in [2.24, 2.45) is 0 Å². The van der Waals surface area contributed by atoms with E-state index in [-0.39, 0.29) is 0 Å². The van der Waals surface area contributed by atoms with Gasteiger partial charge in [-0.2, -0.15) is 0 Å². The molecule has 0 amide bonds. The number of pyridine rings is 1. The molecule has 30 heavy (non-hydrogen) atoms. The molecule has 0 aliphatic rings. The van der Waals surface area contributed by atoms with Crippen molar-refractivity contribution in [2.45, 2.75) is 46.5 Å². The largest absolute Gasteiger partial charge is 0.306 e. The first-order valence-corrected chi connectivity index (χ1v) is 10.8. The Balaban J connectivity index is 0.000000589. The molecular weight excluding hydrogens is 366 g/mol. The van der Waals surface area contributed by atoms with Crippen molar-refractivity contribution < 1.29 is 0 Å². The second-order valence-electron chi connectivity index (χ2n) is 7.67. The number of unbranched alkanes of at least 4 members (excludes halogenated alkanes) is 1. The number of para-hydroxylation sites is 1. The monoisotopic (exact) mass is 397 g/mol. The average molecular weight is 398 g/mol. The van der Waals surface area contributed by atoms with E-state index in [9.17, 15) is 0 Å². The van der Waals surface area contributed by atoms with Gasteiger partial charge in [0.25, 0.3) is 0 Å². The van der Waals surface area contributed by atoms with Gasteiger partial charge >= 0.3 is 0 Å². The highest BCUT2D eigenvalue weighted by Crippen LogP contribution is 2.32. The first kappa shape index (κ1) is 21.5. The predicted molar refractivity (Wildman–Crippen MR) is 127 cm³/mol. The summed E-state index contributed by atoms with van der Waals surface area (Å²) >= 11 is 0. The van der Waals surface area contributed by atoms with Crippen molar-refractivity contribution in [2.75, 3.05) is 0 Å². The average Bonchev–Trinajstić information content (AvgIpc) is 3.30. The fourth-order valence-electron chi connectivity index (χ4n) is 3.18. The molecule has 0 saturated carbocycles. The third kappa shape index (κ3) is 5.24. The lowest BCUT2D eigenvalue weighted by Crippen LogP contribution is -1.94. The molecule has 4 aromatic rings. The molecule has 0 bridgehead atoms. The van der Waals surface area contributed by atoms with E-state index in [0.717, 1.165) is 28.2 Å². The smallest absolute Gasteiger partial charge is 0.0999 e. The summed E-state index contributed by atoms with van der Waals surface area (Å²) in [5, 5.41) is 0. The topological polar surface area (TPSA) is 30.7 Å². The van der Waals surface area contributed by atoms with Crippen LogP contribution in [0, 0.1) is 0 Å². The van der Waals surface area contributed by atoms with Crippen LogP contribution in [0.1, 0.15) is 52.0 Å². The molecule has 0 spiro atoms. The van der Waals surface area contributed by atoms with Crippen LogP contribution in [0.3, 0.4) is 0 Å². The molecule has 0 atom stereocenters. The van der Waals surface area contributed by atoms with E-state index < -0.39 is 0 Å². The van der Waals surface area contributed by atoms with Gasteiger partial charge in [0.15, 0.2) is 0 Å². The molecule has 3 nitrogen and oxygen atoms in total. The lowest BCUT2D eigenvalue weighted by atomic mass is 9.93. The third-order valence-corrected chi connectivity index (χ3v) is 5.05. The lowest BCUT2D eigenvalue weighted by Gasteiger charge is -2.13. The van der Waals surface area contributed by atoms with Crippen LogP contribution in [0.25, 0.3) is 28.2 Å². The summed E-state index contributed by atoms with van der Waals surface area (Å²) in [6.45, 7) is 8.79. The molecule has 2 aromatic heterocycles. The molecule has 154 valence electrons. The lowest BCUT2D eigenvalue weighted by molar-refractivity contribution is 0.868. The van der Waals surface area contributed by atoms with Gasteiger partial charge in [-0.25, -0.2) is 4.98 Å². The molecule has 0 N–H and O–H groups in total. The minimum Gasteiger partial charge on any atom is -0.306 e. The minimum atomic E-state index is 0.421. The van der Waals surface area contributed by atoms with E-state index in [1.54, 1.807) is 0 Å². The first-order valence-electron chi connectivity index (χ1n) is 10.8. The number of hydrogen-bond acceptors (Lipinski definition) is 2. The maximum atomic E-state index is 4.68. The first-order chi connectivity index (χ1) is 14.6. The zero-order valence-electron chi connectivity index (χ0n) is 18.4. The molecule has 0 aliphatic heterocycles. The normalized spacial score (nSPS) is 10.6. The molecule has 0 fully saturated rings. The van der Waals surface area contributed by atoms with Gasteiger partial charge in [-0.15, -0.1) is 0 Å². The van der Waals surface area contributed by atoms with Crippen LogP contribution in [-0.4, -0.2) is 14.5 Å². The Kier molecular flexibility index (Phi) is 7.56. The van der Waals surface area contributed by atoms with Gasteiger partial charge in [0.2, 0.25) is 0 Å². The Hall–Kier alpha value is -3.20. The van der Waals surface area contributed by atoms with Gasteiger partial charge in [-0.3, -0.25) is 4.98 Å². The second kappa shape index (κ2) is 10.5. The summed E-state index contributed by atoms with van der Waals surface area (Å²) in [6.07, 6.45) is 8.44. The van der Waals surface area contributed by atoms with Gasteiger partial charge in [-0.1, -0.05) is 76.9 Å². The molecule has 0 saturated heterocycles. The molecule has 0 aliphatic carbocycles.